The molecule has 0 saturated carbocycles. The largest absolute Gasteiger partial charge is 0.493 e. The Bertz CT molecular complexity index is 659. The van der Waals surface area contributed by atoms with Crippen LogP contribution < -0.4 is 10.1 Å². The molecule has 21 heavy (non-hydrogen) atoms. The van der Waals surface area contributed by atoms with Crippen LogP contribution in [-0.4, -0.2) is 13.7 Å². The average molecular weight is 367 g/mol. The summed E-state index contributed by atoms with van der Waals surface area (Å²) in [7, 11) is 1.97. The fourth-order valence-corrected chi connectivity index (χ4v) is 3.45. The predicted molar refractivity (Wildman–Crippen MR) is 90.3 cm³/mol. The number of nitrogens with one attached hydrogen (secondary N) is 1. The van der Waals surface area contributed by atoms with Gasteiger partial charge in [-0.3, -0.25) is 0 Å². The van der Waals surface area contributed by atoms with E-state index in [4.69, 9.17) is 16.3 Å². The topological polar surface area (TPSA) is 21.3 Å². The number of hydrogen-bond acceptors (Lipinski definition) is 2. The highest BCUT2D eigenvalue weighted by molar-refractivity contribution is 9.10. The minimum absolute atomic E-state index is 0.102. The summed E-state index contributed by atoms with van der Waals surface area (Å²) in [4.78, 5) is 0. The van der Waals surface area contributed by atoms with Crippen LogP contribution in [0.5, 0.6) is 5.75 Å². The average Bonchev–Trinajstić information content (AvgIpc) is 2.51. The molecule has 1 atom stereocenters. The van der Waals surface area contributed by atoms with Crippen molar-refractivity contribution in [1.82, 2.24) is 5.32 Å². The lowest BCUT2D eigenvalue weighted by molar-refractivity contribution is 0.288. The van der Waals surface area contributed by atoms with E-state index in [2.05, 4.69) is 39.4 Å². The van der Waals surface area contributed by atoms with Crippen molar-refractivity contribution in [2.45, 2.75) is 18.9 Å². The summed E-state index contributed by atoms with van der Waals surface area (Å²) in [6.45, 7) is 0.821. The number of aryl methyl sites for hydroxylation is 1. The number of fused-ring (bicyclic) bond motifs is 1. The molecule has 1 heterocycles. The van der Waals surface area contributed by atoms with Crippen LogP contribution in [0.1, 0.15) is 29.2 Å². The molecule has 1 aliphatic rings. The lowest BCUT2D eigenvalue weighted by atomic mass is 9.95. The molecule has 0 radical (unpaired) electrons. The van der Waals surface area contributed by atoms with Crippen LogP contribution in [0.15, 0.2) is 40.9 Å². The van der Waals surface area contributed by atoms with Crippen molar-refractivity contribution in [1.29, 1.82) is 0 Å². The van der Waals surface area contributed by atoms with Gasteiger partial charge in [0.2, 0.25) is 0 Å². The zero-order valence-electron chi connectivity index (χ0n) is 11.8. The van der Waals surface area contributed by atoms with Gasteiger partial charge in [-0.25, -0.2) is 0 Å². The minimum Gasteiger partial charge on any atom is -0.493 e. The molecule has 0 bridgehead atoms. The summed E-state index contributed by atoms with van der Waals surface area (Å²) in [6, 6.07) is 12.4. The van der Waals surface area contributed by atoms with E-state index in [9.17, 15) is 0 Å². The highest BCUT2D eigenvalue weighted by Gasteiger charge is 2.18. The molecule has 110 valence electrons. The van der Waals surface area contributed by atoms with Gasteiger partial charge in [-0.15, -0.1) is 0 Å². The van der Waals surface area contributed by atoms with Gasteiger partial charge < -0.3 is 10.1 Å². The van der Waals surface area contributed by atoms with Crippen molar-refractivity contribution >= 4 is 27.5 Å². The van der Waals surface area contributed by atoms with Gasteiger partial charge in [-0.05, 0) is 60.8 Å². The molecule has 3 rings (SSSR count). The summed E-state index contributed by atoms with van der Waals surface area (Å²) in [6.07, 6.45) is 2.16. The zero-order chi connectivity index (χ0) is 14.8. The number of halogens is 2. The van der Waals surface area contributed by atoms with Gasteiger partial charge >= 0.3 is 0 Å². The van der Waals surface area contributed by atoms with E-state index in [1.807, 2.05) is 25.2 Å². The highest BCUT2D eigenvalue weighted by Crippen LogP contribution is 2.34. The molecule has 2 aromatic carbocycles. The number of rotatable bonds is 3. The van der Waals surface area contributed by atoms with E-state index in [1.165, 1.54) is 11.1 Å². The van der Waals surface area contributed by atoms with Crippen molar-refractivity contribution in [3.8, 4) is 5.75 Å². The second kappa shape index (κ2) is 6.39. The Morgan fingerprint density at radius 3 is 2.90 bits per heavy atom. The van der Waals surface area contributed by atoms with Crippen molar-refractivity contribution < 1.29 is 4.74 Å². The Morgan fingerprint density at radius 1 is 1.24 bits per heavy atom. The molecule has 0 aliphatic carbocycles. The molecular formula is C17H17BrClNO. The Hall–Kier alpha value is -1.03. The second-order valence-electron chi connectivity index (χ2n) is 5.21. The maximum absolute atomic E-state index is 6.15. The summed E-state index contributed by atoms with van der Waals surface area (Å²) >= 11 is 9.77. The van der Waals surface area contributed by atoms with Crippen LogP contribution in [0, 0.1) is 0 Å². The molecule has 1 aliphatic heterocycles. The highest BCUT2D eigenvalue weighted by atomic mass is 79.9. The monoisotopic (exact) mass is 365 g/mol. The third-order valence-electron chi connectivity index (χ3n) is 3.82. The van der Waals surface area contributed by atoms with Gasteiger partial charge in [-0.1, -0.05) is 39.7 Å². The minimum atomic E-state index is 0.102. The van der Waals surface area contributed by atoms with Crippen LogP contribution >= 0.6 is 27.5 Å². The van der Waals surface area contributed by atoms with E-state index >= 15 is 0 Å². The molecule has 4 heteroatoms. The first-order valence-corrected chi connectivity index (χ1v) is 8.24. The van der Waals surface area contributed by atoms with Crippen LogP contribution in [-0.2, 0) is 6.42 Å². The molecule has 0 spiro atoms. The van der Waals surface area contributed by atoms with E-state index < -0.39 is 0 Å². The van der Waals surface area contributed by atoms with Crippen molar-refractivity contribution in [3.63, 3.8) is 0 Å². The Labute approximate surface area is 138 Å². The molecule has 2 aromatic rings. The Kier molecular flexibility index (Phi) is 4.53. The molecule has 0 aromatic heterocycles. The van der Waals surface area contributed by atoms with E-state index in [0.29, 0.717) is 0 Å². The zero-order valence-corrected chi connectivity index (χ0v) is 14.2. The van der Waals surface area contributed by atoms with Gasteiger partial charge in [-0.2, -0.15) is 0 Å². The van der Waals surface area contributed by atoms with E-state index in [1.54, 1.807) is 0 Å². The van der Waals surface area contributed by atoms with Gasteiger partial charge in [0, 0.05) is 9.50 Å². The SMILES string of the molecule is CNC(c1ccc2c(c1)CCCO2)c1cc(Cl)ccc1Br. The van der Waals surface area contributed by atoms with Crippen LogP contribution in [0.3, 0.4) is 0 Å². The molecule has 0 fully saturated rings. The number of ether oxygens (including phenoxy) is 1. The fourth-order valence-electron chi connectivity index (χ4n) is 2.80. The predicted octanol–water partition coefficient (Wildman–Crippen LogP) is 4.74. The van der Waals surface area contributed by atoms with Crippen molar-refractivity contribution in [2.75, 3.05) is 13.7 Å². The van der Waals surface area contributed by atoms with Gasteiger partial charge in [0.1, 0.15) is 5.75 Å². The van der Waals surface area contributed by atoms with E-state index in [-0.39, 0.29) is 6.04 Å². The first kappa shape index (κ1) is 14.9. The first-order valence-electron chi connectivity index (χ1n) is 7.07. The molecular weight excluding hydrogens is 350 g/mol. The van der Waals surface area contributed by atoms with Crippen LogP contribution in [0.2, 0.25) is 5.02 Å². The first-order chi connectivity index (χ1) is 10.2. The summed E-state index contributed by atoms with van der Waals surface area (Å²) in [5.41, 5.74) is 3.66. The third kappa shape index (κ3) is 3.10. The maximum atomic E-state index is 6.15. The normalized spacial score (nSPS) is 15.2. The smallest absolute Gasteiger partial charge is 0.122 e. The van der Waals surface area contributed by atoms with E-state index in [0.717, 1.165) is 40.3 Å². The summed E-state index contributed by atoms with van der Waals surface area (Å²) in [5, 5.41) is 4.13. The standard InChI is InChI=1S/C17H17BrClNO/c1-20-17(14-10-13(19)5-6-15(14)18)12-4-7-16-11(9-12)3-2-8-21-16/h4-7,9-10,17,20H,2-3,8H2,1H3. The van der Waals surface area contributed by atoms with Crippen molar-refractivity contribution in [2.24, 2.45) is 0 Å². The molecule has 2 nitrogen and oxygen atoms in total. The third-order valence-corrected chi connectivity index (χ3v) is 4.78. The lowest BCUT2D eigenvalue weighted by Crippen LogP contribution is -2.19. The molecule has 0 saturated heterocycles. The molecule has 1 unspecified atom stereocenters. The summed E-state index contributed by atoms with van der Waals surface area (Å²) < 4.78 is 6.75. The maximum Gasteiger partial charge on any atom is 0.122 e. The van der Waals surface area contributed by atoms with Gasteiger partial charge in [0.15, 0.2) is 0 Å². The number of hydrogen-bond donors (Lipinski definition) is 1. The van der Waals surface area contributed by atoms with Crippen LogP contribution in [0.4, 0.5) is 0 Å². The fraction of sp³-hybridized carbons (Fsp3) is 0.294. The van der Waals surface area contributed by atoms with Gasteiger partial charge in [0.05, 0.1) is 12.6 Å². The number of benzene rings is 2. The molecule has 0 amide bonds. The Morgan fingerprint density at radius 2 is 2.10 bits per heavy atom. The summed E-state index contributed by atoms with van der Waals surface area (Å²) in [5.74, 6) is 1.02. The lowest BCUT2D eigenvalue weighted by Gasteiger charge is -2.23. The Balaban J connectivity index is 2.01. The van der Waals surface area contributed by atoms with Gasteiger partial charge in [0.25, 0.3) is 0 Å². The quantitative estimate of drug-likeness (QED) is 0.847. The van der Waals surface area contributed by atoms with Crippen molar-refractivity contribution in [3.05, 3.63) is 62.6 Å². The molecule has 1 N–H and O–H groups in total. The second-order valence-corrected chi connectivity index (χ2v) is 6.50. The van der Waals surface area contributed by atoms with Crippen LogP contribution in [0.25, 0.3) is 0 Å².